The Labute approximate surface area is 286 Å². The highest BCUT2D eigenvalue weighted by Gasteiger charge is 2.56. The fourth-order valence-corrected chi connectivity index (χ4v) is 7.98. The predicted molar refractivity (Wildman–Crippen MR) is 179 cm³/mol. The summed E-state index contributed by atoms with van der Waals surface area (Å²) in [5.74, 6) is -2.32. The van der Waals surface area contributed by atoms with E-state index in [9.17, 15) is 19.5 Å². The Bertz CT molecular complexity index is 1120. The van der Waals surface area contributed by atoms with Crippen LogP contribution in [0.25, 0.3) is 0 Å². The molecule has 0 radical (unpaired) electrons. The molecule has 4 rings (SSSR count). The number of hydrogen-bond acceptors (Lipinski definition) is 12. The van der Waals surface area contributed by atoms with Gasteiger partial charge in [-0.05, 0) is 98.8 Å². The van der Waals surface area contributed by atoms with Gasteiger partial charge >= 0.3 is 12.1 Å². The van der Waals surface area contributed by atoms with Crippen LogP contribution in [0.1, 0.15) is 80.6 Å². The topological polar surface area (TPSA) is 157 Å². The number of likely N-dealkylation sites (N-methyl/N-ethyl adjacent to an activating group) is 1. The summed E-state index contributed by atoms with van der Waals surface area (Å²) in [6.07, 6.45) is -0.497. The molecule has 1 amide bonds. The van der Waals surface area contributed by atoms with E-state index in [4.69, 9.17) is 23.7 Å². The second-order valence-electron chi connectivity index (χ2n) is 15.4. The summed E-state index contributed by atoms with van der Waals surface area (Å²) < 4.78 is 31.1. The van der Waals surface area contributed by atoms with E-state index in [1.165, 1.54) is 19.8 Å². The van der Waals surface area contributed by atoms with Gasteiger partial charge in [0, 0.05) is 31.7 Å². The number of amides is 1. The van der Waals surface area contributed by atoms with Gasteiger partial charge in [-0.25, -0.2) is 4.79 Å². The first-order valence-electron chi connectivity index (χ1n) is 17.9. The zero-order valence-electron chi connectivity index (χ0n) is 30.7. The van der Waals surface area contributed by atoms with Crippen LogP contribution in [0.3, 0.4) is 0 Å². The Morgan fingerprint density at radius 2 is 1.77 bits per heavy atom. The molecule has 0 spiro atoms. The number of carbonyl (C=O) groups is 3. The van der Waals surface area contributed by atoms with E-state index in [2.05, 4.69) is 22.9 Å². The first kappa shape index (κ1) is 38.9. The molecule has 4 fully saturated rings. The lowest BCUT2D eigenvalue weighted by Crippen LogP contribution is -2.60. The van der Waals surface area contributed by atoms with Crippen molar-refractivity contribution in [3.8, 4) is 0 Å². The molecule has 0 aromatic heterocycles. The molecule has 13 nitrogen and oxygen atoms in total. The number of fused-ring (bicyclic) bond motifs is 1. The fourth-order valence-electron chi connectivity index (χ4n) is 7.98. The predicted octanol–water partition coefficient (Wildman–Crippen LogP) is 2.23. The largest absolute Gasteiger partial charge is 0.458 e. The molecule has 1 aliphatic carbocycles. The van der Waals surface area contributed by atoms with E-state index in [0.29, 0.717) is 38.3 Å². The van der Waals surface area contributed by atoms with Crippen molar-refractivity contribution >= 4 is 17.8 Å². The van der Waals surface area contributed by atoms with E-state index in [1.54, 1.807) is 21.0 Å². The number of cyclic esters (lactones) is 1. The molecule has 5 unspecified atom stereocenters. The maximum Gasteiger partial charge on any atom is 0.408 e. The standard InChI is InChI=1S/C35H62N4O9/c1-11-35-23(6)45-31(42)21(4)27(40)20(3)30(34(7,44-10)15-19(2)16-37-22(5)29(35)38-33(43)48-35)47-32-28(41)26(39(8)9)14-25(46-32)18-36-17-24-12-13-24/h19-26,28-30,32,36-37,41H,11-18H2,1-10H3,(H,38,43)/t19-,20+,21?,22-,23-,25?,26?,28?,29-,30-,32?,34-,35-/m1/s1. The highest BCUT2D eigenvalue weighted by molar-refractivity contribution is 6.00. The summed E-state index contributed by atoms with van der Waals surface area (Å²) in [6.45, 7) is 14.9. The zero-order chi connectivity index (χ0) is 35.6. The van der Waals surface area contributed by atoms with Gasteiger partial charge in [-0.3, -0.25) is 9.59 Å². The lowest BCUT2D eigenvalue weighted by Gasteiger charge is -2.47. The van der Waals surface area contributed by atoms with Crippen LogP contribution in [0, 0.1) is 23.7 Å². The quantitative estimate of drug-likeness (QED) is 0.208. The molecule has 13 heteroatoms. The minimum Gasteiger partial charge on any atom is -0.458 e. The number of nitrogens with zero attached hydrogens (tertiary/aromatic N) is 1. The van der Waals surface area contributed by atoms with Gasteiger partial charge in [-0.1, -0.05) is 20.8 Å². The Hall–Kier alpha value is -1.87. The van der Waals surface area contributed by atoms with E-state index in [1.807, 2.05) is 39.8 Å². The molecule has 276 valence electrons. The van der Waals surface area contributed by atoms with Gasteiger partial charge in [0.25, 0.3) is 0 Å². The van der Waals surface area contributed by atoms with E-state index in [0.717, 1.165) is 6.54 Å². The van der Waals surface area contributed by atoms with E-state index in [-0.39, 0.29) is 29.9 Å². The van der Waals surface area contributed by atoms with Crippen LogP contribution in [-0.4, -0.2) is 129 Å². The molecule has 4 aliphatic rings. The van der Waals surface area contributed by atoms with Gasteiger partial charge in [0.1, 0.15) is 18.1 Å². The second kappa shape index (κ2) is 16.0. The van der Waals surface area contributed by atoms with Crippen molar-refractivity contribution in [3.63, 3.8) is 0 Å². The minimum atomic E-state index is -1.14. The van der Waals surface area contributed by atoms with Crippen molar-refractivity contribution < 1.29 is 43.2 Å². The van der Waals surface area contributed by atoms with Crippen LogP contribution in [0.5, 0.6) is 0 Å². The number of aliphatic hydroxyl groups excluding tert-OH is 1. The Morgan fingerprint density at radius 1 is 1.08 bits per heavy atom. The molecule has 13 atom stereocenters. The number of carbonyl (C=O) groups excluding carboxylic acids is 3. The number of ketones is 1. The molecule has 0 aromatic rings. The summed E-state index contributed by atoms with van der Waals surface area (Å²) in [6, 6.07) is -0.944. The number of methoxy groups -OCH3 is 1. The van der Waals surface area contributed by atoms with Crippen LogP contribution in [-0.2, 0) is 33.3 Å². The zero-order valence-corrected chi connectivity index (χ0v) is 30.7. The van der Waals surface area contributed by atoms with E-state index >= 15 is 0 Å². The first-order valence-corrected chi connectivity index (χ1v) is 17.9. The van der Waals surface area contributed by atoms with Crippen molar-refractivity contribution in [2.45, 2.75) is 141 Å². The number of ether oxygens (including phenoxy) is 5. The molecule has 3 heterocycles. The van der Waals surface area contributed by atoms with Gasteiger partial charge in [-0.15, -0.1) is 0 Å². The van der Waals surface area contributed by atoms with Crippen LogP contribution in [0.2, 0.25) is 0 Å². The summed E-state index contributed by atoms with van der Waals surface area (Å²) in [5, 5.41) is 21.6. The number of Topliss-reactive ketones (excluding diaryl/α,β-unsaturated/α-hetero) is 1. The van der Waals surface area contributed by atoms with Crippen molar-refractivity contribution in [3.05, 3.63) is 0 Å². The molecule has 0 bridgehead atoms. The van der Waals surface area contributed by atoms with Crippen LogP contribution in [0.15, 0.2) is 0 Å². The average molecular weight is 683 g/mol. The molecule has 0 aromatic carbocycles. The Morgan fingerprint density at radius 3 is 2.38 bits per heavy atom. The molecular weight excluding hydrogens is 620 g/mol. The number of esters is 1. The molecule has 4 N–H and O–H groups in total. The number of alkyl carbamates (subject to hydrolysis) is 1. The first-order chi connectivity index (χ1) is 22.6. The van der Waals surface area contributed by atoms with Crippen molar-refractivity contribution in [1.82, 2.24) is 20.9 Å². The number of rotatable bonds is 9. The third-order valence-corrected chi connectivity index (χ3v) is 11.4. The highest BCUT2D eigenvalue weighted by atomic mass is 16.7. The van der Waals surface area contributed by atoms with Gasteiger partial charge in [0.2, 0.25) is 0 Å². The lowest BCUT2D eigenvalue weighted by atomic mass is 9.78. The SMILES string of the molecule is CC[C@]12OC(=O)N[C@@H]1[C@@H](C)NC[C@H](C)C[C@@](C)(OC)[C@H](OC1OC(CNCC3CC3)CC(N(C)C)C1O)[C@@H](C)C(=O)C(C)C(=O)O[C@@H]2C. The maximum absolute atomic E-state index is 14.2. The van der Waals surface area contributed by atoms with Gasteiger partial charge in [-0.2, -0.15) is 0 Å². The normalized spacial score (nSPS) is 43.5. The van der Waals surface area contributed by atoms with Gasteiger partial charge in [0.15, 0.2) is 17.7 Å². The molecule has 3 saturated heterocycles. The number of nitrogens with one attached hydrogen (secondary N) is 3. The lowest BCUT2D eigenvalue weighted by molar-refractivity contribution is -0.297. The van der Waals surface area contributed by atoms with Crippen molar-refractivity contribution in [2.24, 2.45) is 23.7 Å². The van der Waals surface area contributed by atoms with Crippen LogP contribution >= 0.6 is 0 Å². The third-order valence-electron chi connectivity index (χ3n) is 11.4. The Kier molecular flexibility index (Phi) is 13.0. The molecule has 3 aliphatic heterocycles. The second-order valence-corrected chi connectivity index (χ2v) is 15.4. The van der Waals surface area contributed by atoms with E-state index < -0.39 is 65.7 Å². The molecular formula is C35H62N4O9. The summed E-state index contributed by atoms with van der Waals surface area (Å²) >= 11 is 0. The third kappa shape index (κ3) is 8.52. The highest BCUT2D eigenvalue weighted by Crippen LogP contribution is 2.38. The fraction of sp³-hybridized carbons (Fsp3) is 0.914. The minimum absolute atomic E-state index is 0.0313. The molecule has 48 heavy (non-hydrogen) atoms. The summed E-state index contributed by atoms with van der Waals surface area (Å²) in [5.41, 5.74) is -2.13. The summed E-state index contributed by atoms with van der Waals surface area (Å²) in [7, 11) is 5.45. The van der Waals surface area contributed by atoms with Gasteiger partial charge in [0.05, 0.1) is 23.9 Å². The average Bonchev–Trinajstić information content (AvgIpc) is 3.80. The maximum atomic E-state index is 14.2. The summed E-state index contributed by atoms with van der Waals surface area (Å²) in [4.78, 5) is 42.3. The van der Waals surface area contributed by atoms with Crippen molar-refractivity contribution in [2.75, 3.05) is 40.8 Å². The van der Waals surface area contributed by atoms with Crippen LogP contribution < -0.4 is 16.0 Å². The molecule has 1 saturated carbocycles. The van der Waals surface area contributed by atoms with Gasteiger partial charge < -0.3 is 49.6 Å². The monoisotopic (exact) mass is 682 g/mol. The Balaban J connectivity index is 1.65. The van der Waals surface area contributed by atoms with Crippen LogP contribution in [0.4, 0.5) is 4.79 Å². The van der Waals surface area contributed by atoms with Crippen molar-refractivity contribution in [1.29, 1.82) is 0 Å². The number of hydrogen-bond donors (Lipinski definition) is 4. The number of aliphatic hydroxyl groups is 1. The smallest absolute Gasteiger partial charge is 0.408 e.